The molecule has 0 radical (unpaired) electrons. The standard InChI is InChI=1S/C14H14ClF6N5O/c1-7-6-8(13(16,17)18)23-26(7)5-3-4-22-12(27)10-9(15)11(14(19,20)21)24-25(10)2/h6H,3-5H2,1-2H3,(H,22,27). The van der Waals surface area contributed by atoms with Crippen LogP contribution < -0.4 is 5.32 Å². The predicted octanol–water partition coefficient (Wildman–Crippen LogP) is 3.44. The van der Waals surface area contributed by atoms with E-state index in [-0.39, 0.29) is 25.2 Å². The Kier molecular flexibility index (Phi) is 5.78. The summed E-state index contributed by atoms with van der Waals surface area (Å²) in [5, 5.41) is 8.17. The summed E-state index contributed by atoms with van der Waals surface area (Å²) in [6, 6.07) is 0.895. The van der Waals surface area contributed by atoms with Gasteiger partial charge in [-0.25, -0.2) is 0 Å². The summed E-state index contributed by atoms with van der Waals surface area (Å²) in [5.41, 5.74) is -2.56. The summed E-state index contributed by atoms with van der Waals surface area (Å²) >= 11 is 5.60. The van der Waals surface area contributed by atoms with E-state index in [0.717, 1.165) is 17.8 Å². The Labute approximate surface area is 154 Å². The monoisotopic (exact) mass is 417 g/mol. The molecule has 1 N–H and O–H groups in total. The molecule has 0 aliphatic carbocycles. The first-order chi connectivity index (χ1) is 12.3. The maximum absolute atomic E-state index is 12.7. The molecule has 0 unspecified atom stereocenters. The molecule has 0 atom stereocenters. The topological polar surface area (TPSA) is 64.7 Å². The lowest BCUT2D eigenvalue weighted by molar-refractivity contribution is -0.142. The number of nitrogens with zero attached hydrogens (tertiary/aromatic N) is 4. The minimum absolute atomic E-state index is 0.0116. The van der Waals surface area contributed by atoms with Crippen LogP contribution in [-0.2, 0) is 25.9 Å². The van der Waals surface area contributed by atoms with Gasteiger partial charge in [-0.15, -0.1) is 0 Å². The summed E-state index contributed by atoms with van der Waals surface area (Å²) in [6.07, 6.45) is -9.16. The average molecular weight is 418 g/mol. The molecule has 2 rings (SSSR count). The number of aryl methyl sites for hydroxylation is 3. The third kappa shape index (κ3) is 4.73. The summed E-state index contributed by atoms with van der Waals surface area (Å²) in [5.74, 6) is -0.876. The van der Waals surface area contributed by atoms with Crippen molar-refractivity contribution in [2.75, 3.05) is 6.54 Å². The summed E-state index contributed by atoms with van der Waals surface area (Å²) < 4.78 is 77.8. The van der Waals surface area contributed by atoms with Crippen LogP contribution in [0.15, 0.2) is 6.07 Å². The number of hydrogen-bond acceptors (Lipinski definition) is 3. The lowest BCUT2D eigenvalue weighted by atomic mass is 10.3. The van der Waals surface area contributed by atoms with E-state index in [4.69, 9.17) is 11.6 Å². The van der Waals surface area contributed by atoms with Crippen LogP contribution in [0.4, 0.5) is 26.3 Å². The van der Waals surface area contributed by atoms with Crippen LogP contribution in [0, 0.1) is 6.92 Å². The second-order valence-corrected chi connectivity index (χ2v) is 6.01. The molecule has 0 bridgehead atoms. The SMILES string of the molecule is Cc1cc(C(F)(F)F)nn1CCCNC(=O)c1c(Cl)c(C(F)(F)F)nn1C. The van der Waals surface area contributed by atoms with Gasteiger partial charge in [0.2, 0.25) is 0 Å². The number of rotatable bonds is 5. The average Bonchev–Trinajstić information content (AvgIpc) is 3.03. The number of amides is 1. The highest BCUT2D eigenvalue weighted by molar-refractivity contribution is 6.34. The molecule has 6 nitrogen and oxygen atoms in total. The Morgan fingerprint density at radius 1 is 1.19 bits per heavy atom. The fourth-order valence-electron chi connectivity index (χ4n) is 2.32. The minimum Gasteiger partial charge on any atom is -0.351 e. The van der Waals surface area contributed by atoms with Crippen LogP contribution in [0.2, 0.25) is 5.02 Å². The van der Waals surface area contributed by atoms with Crippen molar-refractivity contribution in [2.24, 2.45) is 7.05 Å². The zero-order valence-electron chi connectivity index (χ0n) is 14.0. The first kappa shape index (κ1) is 21.1. The molecule has 13 heteroatoms. The van der Waals surface area contributed by atoms with E-state index < -0.39 is 40.4 Å². The summed E-state index contributed by atoms with van der Waals surface area (Å²) in [7, 11) is 1.14. The van der Waals surface area contributed by atoms with Crippen LogP contribution in [0.25, 0.3) is 0 Å². The lowest BCUT2D eigenvalue weighted by Crippen LogP contribution is -2.27. The number of aromatic nitrogens is 4. The molecule has 2 aromatic heterocycles. The smallest absolute Gasteiger partial charge is 0.351 e. The van der Waals surface area contributed by atoms with E-state index in [1.807, 2.05) is 0 Å². The van der Waals surface area contributed by atoms with Crippen molar-refractivity contribution in [1.29, 1.82) is 0 Å². The van der Waals surface area contributed by atoms with E-state index in [1.54, 1.807) is 0 Å². The van der Waals surface area contributed by atoms with Gasteiger partial charge in [0, 0.05) is 25.8 Å². The van der Waals surface area contributed by atoms with Crippen LogP contribution >= 0.6 is 11.6 Å². The first-order valence-electron chi connectivity index (χ1n) is 7.52. The zero-order valence-corrected chi connectivity index (χ0v) is 14.8. The van der Waals surface area contributed by atoms with Gasteiger partial charge in [-0.3, -0.25) is 14.2 Å². The second-order valence-electron chi connectivity index (χ2n) is 5.63. The molecule has 0 aliphatic heterocycles. The van der Waals surface area contributed by atoms with Gasteiger partial charge in [0.1, 0.15) is 10.7 Å². The van der Waals surface area contributed by atoms with Gasteiger partial charge in [-0.1, -0.05) is 11.6 Å². The van der Waals surface area contributed by atoms with Crippen molar-refractivity contribution in [3.63, 3.8) is 0 Å². The van der Waals surface area contributed by atoms with E-state index in [1.165, 1.54) is 6.92 Å². The van der Waals surface area contributed by atoms with Crippen molar-refractivity contribution in [3.8, 4) is 0 Å². The Morgan fingerprint density at radius 3 is 2.30 bits per heavy atom. The number of carbonyl (C=O) groups excluding carboxylic acids is 1. The molecule has 0 saturated carbocycles. The maximum atomic E-state index is 12.7. The van der Waals surface area contributed by atoms with Gasteiger partial charge in [-0.2, -0.15) is 36.5 Å². The van der Waals surface area contributed by atoms with Crippen molar-refractivity contribution in [1.82, 2.24) is 24.9 Å². The number of nitrogens with one attached hydrogen (secondary N) is 1. The maximum Gasteiger partial charge on any atom is 0.436 e. The molecule has 27 heavy (non-hydrogen) atoms. The molecular weight excluding hydrogens is 404 g/mol. The van der Waals surface area contributed by atoms with Crippen LogP contribution in [0.1, 0.15) is 34.0 Å². The Morgan fingerprint density at radius 2 is 1.81 bits per heavy atom. The van der Waals surface area contributed by atoms with Crippen LogP contribution in [-0.4, -0.2) is 32.0 Å². The third-order valence-corrected chi connectivity index (χ3v) is 3.93. The molecule has 150 valence electrons. The highest BCUT2D eigenvalue weighted by atomic mass is 35.5. The Bertz CT molecular complexity index is 838. The molecule has 0 aliphatic rings. The zero-order chi connectivity index (χ0) is 20.6. The van der Waals surface area contributed by atoms with Crippen molar-refractivity contribution < 1.29 is 31.1 Å². The molecule has 0 spiro atoms. The largest absolute Gasteiger partial charge is 0.436 e. The van der Waals surface area contributed by atoms with E-state index >= 15 is 0 Å². The molecular formula is C14H14ClF6N5O. The van der Waals surface area contributed by atoms with Gasteiger partial charge in [0.15, 0.2) is 11.4 Å². The Balaban J connectivity index is 1.96. The van der Waals surface area contributed by atoms with Crippen molar-refractivity contribution in [3.05, 3.63) is 33.9 Å². The van der Waals surface area contributed by atoms with Crippen molar-refractivity contribution >= 4 is 17.5 Å². The second kappa shape index (κ2) is 7.41. The van der Waals surface area contributed by atoms with Crippen LogP contribution in [0.3, 0.4) is 0 Å². The van der Waals surface area contributed by atoms with Gasteiger partial charge in [0.25, 0.3) is 5.91 Å². The highest BCUT2D eigenvalue weighted by Gasteiger charge is 2.39. The summed E-state index contributed by atoms with van der Waals surface area (Å²) in [6.45, 7) is 1.52. The Hall–Kier alpha value is -2.24. The number of carbonyl (C=O) groups is 1. The molecule has 0 fully saturated rings. The van der Waals surface area contributed by atoms with Gasteiger partial charge >= 0.3 is 12.4 Å². The van der Waals surface area contributed by atoms with Gasteiger partial charge in [-0.05, 0) is 19.4 Å². The normalized spacial score (nSPS) is 12.5. The minimum atomic E-state index is -4.80. The lowest BCUT2D eigenvalue weighted by Gasteiger charge is -2.07. The first-order valence-corrected chi connectivity index (χ1v) is 7.89. The predicted molar refractivity (Wildman–Crippen MR) is 82.1 cm³/mol. The number of hydrogen-bond donors (Lipinski definition) is 1. The van der Waals surface area contributed by atoms with E-state index in [2.05, 4.69) is 15.5 Å². The molecule has 2 heterocycles. The molecule has 1 amide bonds. The van der Waals surface area contributed by atoms with Gasteiger partial charge in [0.05, 0.1) is 0 Å². The fraction of sp³-hybridized carbons (Fsp3) is 0.500. The molecule has 2 aromatic rings. The number of alkyl halides is 6. The fourth-order valence-corrected chi connectivity index (χ4v) is 2.67. The third-order valence-electron chi connectivity index (χ3n) is 3.58. The van der Waals surface area contributed by atoms with E-state index in [9.17, 15) is 31.1 Å². The summed E-state index contributed by atoms with van der Waals surface area (Å²) in [4.78, 5) is 12.0. The quantitative estimate of drug-likeness (QED) is 0.599. The molecule has 0 saturated heterocycles. The van der Waals surface area contributed by atoms with Gasteiger partial charge < -0.3 is 5.32 Å². The van der Waals surface area contributed by atoms with E-state index in [0.29, 0.717) is 4.68 Å². The van der Waals surface area contributed by atoms with Crippen LogP contribution in [0.5, 0.6) is 0 Å². The van der Waals surface area contributed by atoms with Crippen molar-refractivity contribution in [2.45, 2.75) is 32.2 Å². The highest BCUT2D eigenvalue weighted by Crippen LogP contribution is 2.35. The molecule has 0 aromatic carbocycles. The number of halogens is 7.